The van der Waals surface area contributed by atoms with E-state index in [4.69, 9.17) is 35.5 Å². The van der Waals surface area contributed by atoms with Crippen LogP contribution in [0.5, 0.6) is 17.2 Å². The third kappa shape index (κ3) is 11.2. The zero-order valence-electron chi connectivity index (χ0n) is 49.6. The summed E-state index contributed by atoms with van der Waals surface area (Å²) in [5.41, 5.74) is 14.7. The number of anilines is 3. The predicted octanol–water partition coefficient (Wildman–Crippen LogP) is 11.6. The van der Waals surface area contributed by atoms with Crippen LogP contribution in [0.1, 0.15) is 69.8 Å². The highest BCUT2D eigenvalue weighted by Gasteiger charge is 2.25. The average Bonchev–Trinajstić information content (AvgIpc) is 1.73. The second kappa shape index (κ2) is 24.5. The van der Waals surface area contributed by atoms with Gasteiger partial charge in [-0.2, -0.15) is 10.2 Å². The molecule has 16 rings (SSSR count). The van der Waals surface area contributed by atoms with Crippen LogP contribution in [0.15, 0.2) is 117 Å². The summed E-state index contributed by atoms with van der Waals surface area (Å²) >= 11 is 6.34. The van der Waals surface area contributed by atoms with E-state index >= 15 is 0 Å². The van der Waals surface area contributed by atoms with Gasteiger partial charge in [0.2, 0.25) is 17.8 Å². The topological polar surface area (TPSA) is 212 Å². The first-order valence-corrected chi connectivity index (χ1v) is 30.1. The summed E-state index contributed by atoms with van der Waals surface area (Å²) < 4.78 is 75.1. The van der Waals surface area contributed by atoms with Crippen LogP contribution in [-0.2, 0) is 50.2 Å². The molecule has 1 unspecified atom stereocenters. The van der Waals surface area contributed by atoms with Crippen molar-refractivity contribution in [1.29, 1.82) is 0 Å². The number of pyridine rings is 1. The molecule has 0 spiro atoms. The molecule has 21 nitrogen and oxygen atoms in total. The first-order valence-electron chi connectivity index (χ1n) is 29.7. The van der Waals surface area contributed by atoms with Gasteiger partial charge in [-0.3, -0.25) is 27.5 Å². The van der Waals surface area contributed by atoms with Gasteiger partial charge < -0.3 is 34.9 Å². The van der Waals surface area contributed by atoms with Gasteiger partial charge in [0.1, 0.15) is 51.6 Å². The Kier molecular flexibility index (Phi) is 15.7. The molecule has 3 N–H and O–H groups in total. The normalized spacial score (nSPS) is 14.6. The fraction of sp³-hybridized carbons (Fsp3) is 0.277. The van der Waals surface area contributed by atoms with E-state index in [0.29, 0.717) is 104 Å². The molecule has 3 aromatic carbocycles. The first kappa shape index (κ1) is 57.7. The summed E-state index contributed by atoms with van der Waals surface area (Å²) in [7, 11) is 0. The number of hydrogen-bond donors (Lipinski definition) is 3. The van der Waals surface area contributed by atoms with Crippen LogP contribution in [0, 0.1) is 38.2 Å². The van der Waals surface area contributed by atoms with E-state index in [1.807, 2.05) is 93.6 Å². The van der Waals surface area contributed by atoms with Crippen LogP contribution in [0.25, 0.3) is 50.3 Å². The maximum absolute atomic E-state index is 14.5. The molecule has 0 amide bonds. The molecule has 1 fully saturated rings. The summed E-state index contributed by atoms with van der Waals surface area (Å²) in [5.74, 6) is 3.35. The van der Waals surface area contributed by atoms with Crippen molar-refractivity contribution in [1.82, 2.24) is 67.7 Å². The first-order chi connectivity index (χ1) is 43.9. The van der Waals surface area contributed by atoms with E-state index < -0.39 is 0 Å². The van der Waals surface area contributed by atoms with Crippen LogP contribution < -0.4 is 30.2 Å². The molecule has 0 aliphatic carbocycles. The minimum absolute atomic E-state index is 0.233. The van der Waals surface area contributed by atoms with Crippen LogP contribution in [0.4, 0.5) is 31.0 Å². The average molecular weight is 1240 g/mol. The second-order valence-electron chi connectivity index (χ2n) is 22.2. The lowest BCUT2D eigenvalue weighted by Crippen LogP contribution is -2.10. The van der Waals surface area contributed by atoms with Crippen molar-refractivity contribution < 1.29 is 32.1 Å². The summed E-state index contributed by atoms with van der Waals surface area (Å²) in [5, 5.41) is 19.3. The van der Waals surface area contributed by atoms with Crippen molar-refractivity contribution in [2.75, 3.05) is 49.0 Å². The van der Waals surface area contributed by atoms with E-state index in [9.17, 15) is 13.2 Å². The third-order valence-corrected chi connectivity index (χ3v) is 16.8. The molecule has 4 aliphatic rings. The number of hydrogen-bond acceptors (Lipinski definition) is 16. The van der Waals surface area contributed by atoms with Crippen molar-refractivity contribution in [3.63, 3.8) is 0 Å². The van der Waals surface area contributed by atoms with Crippen molar-refractivity contribution in [2.45, 2.75) is 85.6 Å². The van der Waals surface area contributed by atoms with Crippen molar-refractivity contribution in [2.24, 2.45) is 0 Å². The van der Waals surface area contributed by atoms with Gasteiger partial charge in [0, 0.05) is 181 Å². The standard InChI is InChI=1S/C23H23FN6O2.C21H17ClFN5O.C21H21FN6O/c1-14-11-29-22(28-14)18(15-8-27-30(12-15)16-4-6-31-13-16)9-25-23(29)26-10-19-17-5-7-32-21(17)3-2-20(19)24;1-12-11-28-20(27-12)16(14-8-24-6-4-17(14)22)10-26-21(28)25-9-15-13-5-7-29-19(13)3-2-18(15)23;1-3-27-12-14(8-25-27)16-9-23-21(28-11-13(2)26-20(16)28)24-10-17-15-6-7-29-19(15)5-4-18(17)22/h2-3,8-9,11-12,16H,4-7,10,13H2,1H3,(H,25,26);2-4,6,8,10-11H,5,7,9H2,1H3,(H,25,26);4-5,8-9,11-12H,3,6-7,10H2,1-2H3,(H,23,24). The van der Waals surface area contributed by atoms with Crippen molar-refractivity contribution in [3.8, 4) is 50.6 Å². The van der Waals surface area contributed by atoms with Gasteiger partial charge in [0.25, 0.3) is 0 Å². The molecule has 4 aliphatic heterocycles. The van der Waals surface area contributed by atoms with E-state index in [1.165, 1.54) is 18.2 Å². The lowest BCUT2D eigenvalue weighted by Gasteiger charge is -2.13. The maximum Gasteiger partial charge on any atom is 0.208 e. The molecule has 0 saturated carbocycles. The smallest absolute Gasteiger partial charge is 0.208 e. The Hall–Kier alpha value is -10.1. The number of imidazole rings is 3. The summed E-state index contributed by atoms with van der Waals surface area (Å²) in [6.45, 7) is 12.8. The highest BCUT2D eigenvalue weighted by molar-refractivity contribution is 6.33. The largest absolute Gasteiger partial charge is 0.493 e. The Balaban J connectivity index is 0.000000118. The molecule has 9 aromatic heterocycles. The summed E-state index contributed by atoms with van der Waals surface area (Å²) in [6, 6.07) is 11.4. The summed E-state index contributed by atoms with van der Waals surface area (Å²) in [4.78, 5) is 31.9. The van der Waals surface area contributed by atoms with Gasteiger partial charge in [-0.25, -0.2) is 43.1 Å². The Morgan fingerprint density at radius 3 is 1.42 bits per heavy atom. The van der Waals surface area contributed by atoms with Gasteiger partial charge >= 0.3 is 0 Å². The molecule has 0 radical (unpaired) electrons. The lowest BCUT2D eigenvalue weighted by atomic mass is 10.0. The highest BCUT2D eigenvalue weighted by atomic mass is 35.5. The van der Waals surface area contributed by atoms with Crippen LogP contribution in [0.2, 0.25) is 5.02 Å². The van der Waals surface area contributed by atoms with E-state index in [2.05, 4.69) is 56.1 Å². The zero-order valence-corrected chi connectivity index (χ0v) is 50.4. The zero-order chi connectivity index (χ0) is 61.6. The molecular formula is C65H61ClF3N17O4. The molecular weight excluding hydrogens is 1180 g/mol. The molecule has 25 heteroatoms. The molecule has 90 heavy (non-hydrogen) atoms. The van der Waals surface area contributed by atoms with Crippen molar-refractivity contribution in [3.05, 3.63) is 190 Å². The predicted molar refractivity (Wildman–Crippen MR) is 333 cm³/mol. The number of nitrogens with one attached hydrogen (secondary N) is 3. The van der Waals surface area contributed by atoms with Crippen LogP contribution in [-0.4, -0.2) is 101 Å². The number of aromatic nitrogens is 14. The highest BCUT2D eigenvalue weighted by Crippen LogP contribution is 2.36. The molecule has 0 bridgehead atoms. The van der Waals surface area contributed by atoms with Crippen LogP contribution >= 0.6 is 11.6 Å². The number of rotatable bonds is 14. The van der Waals surface area contributed by atoms with Gasteiger partial charge in [0.15, 0.2) is 0 Å². The van der Waals surface area contributed by atoms with Crippen molar-refractivity contribution >= 4 is 46.4 Å². The molecule has 458 valence electrons. The van der Waals surface area contributed by atoms with E-state index in [1.54, 1.807) is 55.2 Å². The lowest BCUT2D eigenvalue weighted by molar-refractivity contribution is 0.184. The maximum atomic E-state index is 14.5. The Morgan fingerprint density at radius 2 is 0.978 bits per heavy atom. The van der Waals surface area contributed by atoms with Crippen LogP contribution in [0.3, 0.4) is 0 Å². The van der Waals surface area contributed by atoms with Gasteiger partial charge in [-0.15, -0.1) is 0 Å². The fourth-order valence-electron chi connectivity index (χ4n) is 12.0. The number of aryl methyl sites for hydroxylation is 4. The SMILES string of the molecule is CCn1cc(-c2cnc(NCc3c(F)ccc4c3CCO4)n3cc(C)nc23)cn1.Cc1cn2c(NCc3c(F)ccc4c3CCO4)ncc(-c3cnccc3Cl)c2n1.Cc1cn2c(NCc3c(F)ccc4c3CCO4)ncc(-c3cnn(C4CCOC4)c3)c2n1. The van der Waals surface area contributed by atoms with Gasteiger partial charge in [0.05, 0.1) is 67.0 Å². The minimum atomic E-state index is -0.251. The molecule has 1 atom stereocenters. The summed E-state index contributed by atoms with van der Waals surface area (Å²) in [6.07, 6.45) is 25.1. The number of halogens is 4. The van der Waals surface area contributed by atoms with Gasteiger partial charge in [-0.1, -0.05) is 11.6 Å². The third-order valence-electron chi connectivity index (χ3n) is 16.4. The monoisotopic (exact) mass is 1240 g/mol. The Labute approximate surface area is 518 Å². The Morgan fingerprint density at radius 1 is 0.522 bits per heavy atom. The number of ether oxygens (including phenoxy) is 4. The second-order valence-corrected chi connectivity index (χ2v) is 22.7. The number of fused-ring (bicyclic) bond motifs is 6. The minimum Gasteiger partial charge on any atom is -0.493 e. The molecule has 13 heterocycles. The number of benzene rings is 3. The fourth-order valence-corrected chi connectivity index (χ4v) is 12.2. The number of nitrogens with zero attached hydrogens (tertiary/aromatic N) is 14. The van der Waals surface area contributed by atoms with E-state index in [0.717, 1.165) is 122 Å². The Bertz CT molecular complexity index is 4690. The molecule has 12 aromatic rings. The quantitative estimate of drug-likeness (QED) is 0.0924. The van der Waals surface area contributed by atoms with Gasteiger partial charge in [-0.05, 0) is 76.6 Å². The van der Waals surface area contributed by atoms with E-state index in [-0.39, 0.29) is 23.5 Å². The molecule has 1 saturated heterocycles.